The highest BCUT2D eigenvalue weighted by Crippen LogP contribution is 2.26. The molecule has 88 valence electrons. The Labute approximate surface area is 97.5 Å². The molecule has 3 aliphatic heterocycles. The van der Waals surface area contributed by atoms with Crippen molar-refractivity contribution in [2.75, 3.05) is 7.05 Å². The molecule has 0 bridgehead atoms. The van der Waals surface area contributed by atoms with Gasteiger partial charge in [0.1, 0.15) is 0 Å². The van der Waals surface area contributed by atoms with Gasteiger partial charge in [-0.1, -0.05) is 0 Å². The molecule has 0 aromatic carbocycles. The number of carbonyl (C=O) groups excluding carboxylic acids is 2. The van der Waals surface area contributed by atoms with Crippen molar-refractivity contribution in [1.29, 1.82) is 0 Å². The second-order valence-corrected chi connectivity index (χ2v) is 3.99. The summed E-state index contributed by atoms with van der Waals surface area (Å²) in [5.74, 6) is -0.332. The summed E-state index contributed by atoms with van der Waals surface area (Å²) in [6.45, 7) is 0. The minimum atomic E-state index is -0.637. The highest BCUT2D eigenvalue weighted by molar-refractivity contribution is 6.05. The van der Waals surface area contributed by atoms with Crippen LogP contribution in [0.1, 0.15) is 0 Å². The van der Waals surface area contributed by atoms with E-state index in [1.165, 1.54) is 0 Å². The predicted molar refractivity (Wildman–Crippen MR) is 59.6 cm³/mol. The van der Waals surface area contributed by atoms with Gasteiger partial charge in [0.05, 0.1) is 5.70 Å². The summed E-state index contributed by atoms with van der Waals surface area (Å²) in [6.07, 6.45) is 7.04. The number of nitrogens with zero attached hydrogens (tertiary/aromatic N) is 3. The van der Waals surface area contributed by atoms with E-state index >= 15 is 0 Å². The Bertz CT molecular complexity index is 481. The van der Waals surface area contributed by atoms with Gasteiger partial charge in [0.25, 0.3) is 5.91 Å². The standard InChI is InChI=1S/C10H11N5O2/c1-14-6(7-8(16)13-9(17)12-7)5-15-4-2-3-11-10(14)15/h2-5,7,10H,1H3,(H2,12,13,16,17). The van der Waals surface area contributed by atoms with E-state index in [0.717, 1.165) is 5.70 Å². The van der Waals surface area contributed by atoms with E-state index in [-0.39, 0.29) is 12.2 Å². The zero-order chi connectivity index (χ0) is 12.0. The normalized spacial score (nSPS) is 30.3. The van der Waals surface area contributed by atoms with Gasteiger partial charge < -0.3 is 15.1 Å². The number of rotatable bonds is 1. The molecule has 7 heteroatoms. The first-order valence-electron chi connectivity index (χ1n) is 5.20. The highest BCUT2D eigenvalue weighted by atomic mass is 16.2. The van der Waals surface area contributed by atoms with E-state index in [4.69, 9.17) is 0 Å². The van der Waals surface area contributed by atoms with Gasteiger partial charge in [-0.15, -0.1) is 0 Å². The lowest BCUT2D eigenvalue weighted by Crippen LogP contribution is -2.40. The van der Waals surface area contributed by atoms with Crippen LogP contribution in [0.2, 0.25) is 0 Å². The van der Waals surface area contributed by atoms with Crippen LogP contribution < -0.4 is 10.6 Å². The van der Waals surface area contributed by atoms with Gasteiger partial charge in [-0.2, -0.15) is 0 Å². The summed E-state index contributed by atoms with van der Waals surface area (Å²) in [6, 6.07) is -1.10. The number of imide groups is 1. The third-order valence-corrected chi connectivity index (χ3v) is 2.94. The number of aliphatic imine (C=N–C) groups is 1. The van der Waals surface area contributed by atoms with Crippen LogP contribution in [0.5, 0.6) is 0 Å². The number of allylic oxidation sites excluding steroid dienone is 1. The molecule has 0 aliphatic carbocycles. The molecule has 0 saturated carbocycles. The number of nitrogens with one attached hydrogen (secondary N) is 2. The Morgan fingerprint density at radius 2 is 2.24 bits per heavy atom. The molecule has 17 heavy (non-hydrogen) atoms. The maximum absolute atomic E-state index is 11.6. The van der Waals surface area contributed by atoms with Crippen LogP contribution in [0.4, 0.5) is 4.79 Å². The fraction of sp³-hybridized carbons (Fsp3) is 0.300. The SMILES string of the molecule is CN1C(C2NC(=O)NC2=O)=CN2C=CC=NC21. The van der Waals surface area contributed by atoms with Gasteiger partial charge in [0.15, 0.2) is 6.04 Å². The largest absolute Gasteiger partial charge is 0.336 e. The summed E-state index contributed by atoms with van der Waals surface area (Å²) in [7, 11) is 1.84. The van der Waals surface area contributed by atoms with E-state index in [1.807, 2.05) is 35.3 Å². The van der Waals surface area contributed by atoms with Crippen molar-refractivity contribution in [3.05, 3.63) is 24.2 Å². The van der Waals surface area contributed by atoms with Crippen LogP contribution in [0.25, 0.3) is 0 Å². The molecular formula is C10H11N5O2. The van der Waals surface area contributed by atoms with Crippen molar-refractivity contribution >= 4 is 18.2 Å². The van der Waals surface area contributed by atoms with Crippen LogP contribution in [-0.2, 0) is 4.79 Å². The van der Waals surface area contributed by atoms with Crippen molar-refractivity contribution in [2.24, 2.45) is 4.99 Å². The molecular weight excluding hydrogens is 222 g/mol. The van der Waals surface area contributed by atoms with Gasteiger partial charge in [-0.05, 0) is 6.08 Å². The van der Waals surface area contributed by atoms with Crippen molar-refractivity contribution in [3.63, 3.8) is 0 Å². The van der Waals surface area contributed by atoms with E-state index in [2.05, 4.69) is 15.6 Å². The molecule has 0 aromatic heterocycles. The van der Waals surface area contributed by atoms with Gasteiger partial charge in [0.2, 0.25) is 6.29 Å². The molecule has 0 radical (unpaired) electrons. The molecule has 0 aromatic rings. The molecule has 2 N–H and O–H groups in total. The first-order valence-corrected chi connectivity index (χ1v) is 5.20. The topological polar surface area (TPSA) is 77.0 Å². The van der Waals surface area contributed by atoms with Crippen molar-refractivity contribution in [3.8, 4) is 0 Å². The number of fused-ring (bicyclic) bond motifs is 1. The summed E-state index contributed by atoms with van der Waals surface area (Å²) < 4.78 is 0. The summed E-state index contributed by atoms with van der Waals surface area (Å²) >= 11 is 0. The Morgan fingerprint density at radius 1 is 1.41 bits per heavy atom. The maximum atomic E-state index is 11.6. The average molecular weight is 233 g/mol. The molecule has 0 spiro atoms. The van der Waals surface area contributed by atoms with Crippen LogP contribution in [0, 0.1) is 0 Å². The second-order valence-electron chi connectivity index (χ2n) is 3.99. The van der Waals surface area contributed by atoms with Gasteiger partial charge in [0, 0.05) is 25.7 Å². The lowest BCUT2D eigenvalue weighted by atomic mass is 10.2. The monoisotopic (exact) mass is 233 g/mol. The van der Waals surface area contributed by atoms with Gasteiger partial charge >= 0.3 is 6.03 Å². The summed E-state index contributed by atoms with van der Waals surface area (Å²) in [5.41, 5.74) is 0.724. The second kappa shape index (κ2) is 3.34. The number of amides is 3. The van der Waals surface area contributed by atoms with Crippen LogP contribution >= 0.6 is 0 Å². The zero-order valence-electron chi connectivity index (χ0n) is 9.12. The molecule has 7 nitrogen and oxygen atoms in total. The number of carbonyl (C=O) groups is 2. The van der Waals surface area contributed by atoms with E-state index < -0.39 is 12.1 Å². The third-order valence-electron chi connectivity index (χ3n) is 2.94. The smallest absolute Gasteiger partial charge is 0.322 e. The van der Waals surface area contributed by atoms with Crippen LogP contribution in [-0.4, -0.2) is 47.3 Å². The Hall–Kier alpha value is -2.31. The fourth-order valence-corrected chi connectivity index (χ4v) is 2.11. The minimum Gasteiger partial charge on any atom is -0.336 e. The van der Waals surface area contributed by atoms with Crippen LogP contribution in [0.3, 0.4) is 0 Å². The molecule has 1 fully saturated rings. The Balaban J connectivity index is 1.89. The van der Waals surface area contributed by atoms with Crippen LogP contribution in [0.15, 0.2) is 29.2 Å². The van der Waals surface area contributed by atoms with Crippen molar-refractivity contribution < 1.29 is 9.59 Å². The molecule has 2 unspecified atom stereocenters. The lowest BCUT2D eigenvalue weighted by molar-refractivity contribution is -0.119. The van der Waals surface area contributed by atoms with Crippen molar-refractivity contribution in [1.82, 2.24) is 20.4 Å². The molecule has 3 rings (SSSR count). The maximum Gasteiger partial charge on any atom is 0.322 e. The highest BCUT2D eigenvalue weighted by Gasteiger charge is 2.40. The Kier molecular flexibility index (Phi) is 1.94. The molecule has 1 saturated heterocycles. The molecule has 3 amide bonds. The van der Waals surface area contributed by atoms with E-state index in [1.54, 1.807) is 6.21 Å². The van der Waals surface area contributed by atoms with E-state index in [9.17, 15) is 9.59 Å². The van der Waals surface area contributed by atoms with Gasteiger partial charge in [-0.3, -0.25) is 10.1 Å². The Morgan fingerprint density at radius 3 is 2.88 bits per heavy atom. The fourth-order valence-electron chi connectivity index (χ4n) is 2.11. The minimum absolute atomic E-state index is 0.166. The predicted octanol–water partition coefficient (Wildman–Crippen LogP) is -0.835. The number of hydrogen-bond acceptors (Lipinski definition) is 5. The lowest BCUT2D eigenvalue weighted by Gasteiger charge is -2.28. The summed E-state index contributed by atoms with van der Waals surface area (Å²) in [5, 5.41) is 4.79. The zero-order valence-corrected chi connectivity index (χ0v) is 9.12. The van der Waals surface area contributed by atoms with Crippen molar-refractivity contribution in [2.45, 2.75) is 12.3 Å². The number of hydrogen-bond donors (Lipinski definition) is 2. The summed E-state index contributed by atoms with van der Waals surface area (Å²) in [4.78, 5) is 30.7. The molecule has 3 heterocycles. The molecule has 3 aliphatic rings. The molecule has 2 atom stereocenters. The van der Waals surface area contributed by atoms with Gasteiger partial charge in [-0.25, -0.2) is 9.79 Å². The first kappa shape index (κ1) is 9.88. The number of likely N-dealkylation sites (N-methyl/N-ethyl adjacent to an activating group) is 1. The third kappa shape index (κ3) is 1.39. The average Bonchev–Trinajstić information content (AvgIpc) is 2.80. The first-order chi connectivity index (χ1) is 8.16. The van der Waals surface area contributed by atoms with E-state index in [0.29, 0.717) is 0 Å². The quantitative estimate of drug-likeness (QED) is 0.579. The number of urea groups is 1.